The second-order valence-corrected chi connectivity index (χ2v) is 4.92. The van der Waals surface area contributed by atoms with Crippen molar-refractivity contribution in [1.82, 2.24) is 0 Å². The Balaban J connectivity index is 1.90. The van der Waals surface area contributed by atoms with Gasteiger partial charge in [0, 0.05) is 5.33 Å². The summed E-state index contributed by atoms with van der Waals surface area (Å²) in [4.78, 5) is 0. The average molecular weight is 303 g/mol. The third-order valence-electron chi connectivity index (χ3n) is 2.90. The predicted molar refractivity (Wildman–Crippen MR) is 68.1 cm³/mol. The molecular formula is C13H16BrFO2. The molecule has 2 unspecified atom stereocenters. The SMILES string of the molecule is CC1CCC(COc2ccc(CBr)cc2F)O1. The summed E-state index contributed by atoms with van der Waals surface area (Å²) in [7, 11) is 0. The average Bonchev–Trinajstić information content (AvgIpc) is 2.73. The first-order valence-electron chi connectivity index (χ1n) is 5.81. The summed E-state index contributed by atoms with van der Waals surface area (Å²) in [5.41, 5.74) is 0.903. The summed E-state index contributed by atoms with van der Waals surface area (Å²) < 4.78 is 24.7. The van der Waals surface area contributed by atoms with Gasteiger partial charge in [-0.2, -0.15) is 0 Å². The van der Waals surface area contributed by atoms with Crippen LogP contribution in [0.15, 0.2) is 18.2 Å². The summed E-state index contributed by atoms with van der Waals surface area (Å²) in [5.74, 6) is -0.00847. The second-order valence-electron chi connectivity index (χ2n) is 4.36. The maximum atomic E-state index is 13.6. The molecule has 1 aromatic rings. The molecule has 1 aliphatic heterocycles. The van der Waals surface area contributed by atoms with E-state index >= 15 is 0 Å². The van der Waals surface area contributed by atoms with Gasteiger partial charge >= 0.3 is 0 Å². The van der Waals surface area contributed by atoms with Gasteiger partial charge in [-0.25, -0.2) is 4.39 Å². The maximum absolute atomic E-state index is 13.6. The van der Waals surface area contributed by atoms with Crippen LogP contribution in [0.25, 0.3) is 0 Å². The van der Waals surface area contributed by atoms with E-state index < -0.39 is 0 Å². The summed E-state index contributed by atoms with van der Waals surface area (Å²) in [6.45, 7) is 2.47. The maximum Gasteiger partial charge on any atom is 0.165 e. The van der Waals surface area contributed by atoms with Crippen LogP contribution in [0.3, 0.4) is 0 Å². The van der Waals surface area contributed by atoms with E-state index in [9.17, 15) is 4.39 Å². The van der Waals surface area contributed by atoms with Gasteiger partial charge in [0.05, 0.1) is 12.2 Å². The quantitative estimate of drug-likeness (QED) is 0.790. The standard InChI is InChI=1S/C13H16BrFO2/c1-9-2-4-11(17-9)8-16-13-5-3-10(7-14)6-12(13)15/h3,5-6,9,11H,2,4,7-8H2,1H3. The molecular weight excluding hydrogens is 287 g/mol. The fraction of sp³-hybridized carbons (Fsp3) is 0.538. The zero-order valence-electron chi connectivity index (χ0n) is 9.79. The molecule has 0 aliphatic carbocycles. The number of ether oxygens (including phenoxy) is 2. The van der Waals surface area contributed by atoms with E-state index in [1.54, 1.807) is 6.07 Å². The Hall–Kier alpha value is -0.610. The van der Waals surface area contributed by atoms with Crippen molar-refractivity contribution in [3.63, 3.8) is 0 Å². The number of hydrogen-bond acceptors (Lipinski definition) is 2. The summed E-state index contributed by atoms with van der Waals surface area (Å²) >= 11 is 3.29. The fourth-order valence-electron chi connectivity index (χ4n) is 1.94. The topological polar surface area (TPSA) is 18.5 Å². The van der Waals surface area contributed by atoms with Gasteiger partial charge in [-0.1, -0.05) is 22.0 Å². The van der Waals surface area contributed by atoms with Crippen LogP contribution in [0.1, 0.15) is 25.3 Å². The van der Waals surface area contributed by atoms with Crippen LogP contribution in [0.5, 0.6) is 5.75 Å². The number of hydrogen-bond donors (Lipinski definition) is 0. The van der Waals surface area contributed by atoms with Gasteiger partial charge in [0.25, 0.3) is 0 Å². The van der Waals surface area contributed by atoms with Crippen LogP contribution in [-0.4, -0.2) is 18.8 Å². The summed E-state index contributed by atoms with van der Waals surface area (Å²) in [6.07, 6.45) is 2.44. The van der Waals surface area contributed by atoms with Crippen LogP contribution < -0.4 is 4.74 Å². The molecule has 17 heavy (non-hydrogen) atoms. The molecule has 0 amide bonds. The van der Waals surface area contributed by atoms with Crippen LogP contribution >= 0.6 is 15.9 Å². The van der Waals surface area contributed by atoms with Crippen LogP contribution in [0.2, 0.25) is 0 Å². The van der Waals surface area contributed by atoms with Crippen molar-refractivity contribution < 1.29 is 13.9 Å². The molecule has 4 heteroatoms. The molecule has 1 fully saturated rings. The first kappa shape index (κ1) is 12.8. The summed E-state index contributed by atoms with van der Waals surface area (Å²) in [6, 6.07) is 5.01. The Kier molecular flexibility index (Phi) is 4.40. The van der Waals surface area contributed by atoms with Gasteiger partial charge in [0.1, 0.15) is 6.61 Å². The van der Waals surface area contributed by atoms with Crippen LogP contribution in [0, 0.1) is 5.82 Å². The van der Waals surface area contributed by atoms with E-state index in [1.165, 1.54) is 6.07 Å². The molecule has 0 radical (unpaired) electrons. The Labute approximate surface area is 109 Å². The highest BCUT2D eigenvalue weighted by atomic mass is 79.9. The Bertz CT molecular complexity index is 384. The van der Waals surface area contributed by atoms with E-state index in [4.69, 9.17) is 9.47 Å². The molecule has 2 atom stereocenters. The van der Waals surface area contributed by atoms with E-state index in [0.717, 1.165) is 18.4 Å². The van der Waals surface area contributed by atoms with Crippen LogP contribution in [-0.2, 0) is 10.1 Å². The molecule has 1 heterocycles. The molecule has 0 saturated carbocycles. The molecule has 2 rings (SSSR count). The molecule has 1 aromatic carbocycles. The lowest BCUT2D eigenvalue weighted by atomic mass is 10.2. The van der Waals surface area contributed by atoms with Gasteiger partial charge < -0.3 is 9.47 Å². The van der Waals surface area contributed by atoms with Crippen LogP contribution in [0.4, 0.5) is 4.39 Å². The molecule has 2 nitrogen and oxygen atoms in total. The fourth-order valence-corrected chi connectivity index (χ4v) is 2.28. The first-order chi connectivity index (χ1) is 8.19. The number of benzene rings is 1. The molecule has 0 aromatic heterocycles. The van der Waals surface area contributed by atoms with Gasteiger partial charge in [-0.05, 0) is 37.5 Å². The minimum Gasteiger partial charge on any atom is -0.488 e. The number of halogens is 2. The van der Waals surface area contributed by atoms with Crippen molar-refractivity contribution in [1.29, 1.82) is 0 Å². The Morgan fingerprint density at radius 2 is 2.29 bits per heavy atom. The number of alkyl halides is 1. The Morgan fingerprint density at radius 1 is 1.47 bits per heavy atom. The van der Waals surface area contributed by atoms with Crippen molar-refractivity contribution in [2.24, 2.45) is 0 Å². The monoisotopic (exact) mass is 302 g/mol. The summed E-state index contributed by atoms with van der Waals surface area (Å²) in [5, 5.41) is 0.646. The van der Waals surface area contributed by atoms with Crippen molar-refractivity contribution in [2.75, 3.05) is 6.61 Å². The van der Waals surface area contributed by atoms with Crippen molar-refractivity contribution in [2.45, 2.75) is 37.3 Å². The highest BCUT2D eigenvalue weighted by molar-refractivity contribution is 9.08. The minimum absolute atomic E-state index is 0.0975. The van der Waals surface area contributed by atoms with E-state index in [-0.39, 0.29) is 11.9 Å². The number of rotatable bonds is 4. The highest BCUT2D eigenvalue weighted by Gasteiger charge is 2.22. The van der Waals surface area contributed by atoms with Gasteiger partial charge in [-0.3, -0.25) is 0 Å². The smallest absolute Gasteiger partial charge is 0.165 e. The van der Waals surface area contributed by atoms with E-state index in [1.807, 2.05) is 13.0 Å². The minimum atomic E-state index is -0.312. The first-order valence-corrected chi connectivity index (χ1v) is 6.94. The van der Waals surface area contributed by atoms with Crippen molar-refractivity contribution >= 4 is 15.9 Å². The predicted octanol–water partition coefficient (Wildman–Crippen LogP) is 3.67. The third-order valence-corrected chi connectivity index (χ3v) is 3.54. The normalized spacial score (nSPS) is 23.9. The molecule has 0 bridgehead atoms. The Morgan fingerprint density at radius 3 is 2.88 bits per heavy atom. The van der Waals surface area contributed by atoms with Gasteiger partial charge in [-0.15, -0.1) is 0 Å². The van der Waals surface area contributed by atoms with Crippen molar-refractivity contribution in [3.8, 4) is 5.75 Å². The lowest BCUT2D eigenvalue weighted by molar-refractivity contribution is 0.0256. The highest BCUT2D eigenvalue weighted by Crippen LogP contribution is 2.23. The second kappa shape index (κ2) is 5.83. The molecule has 1 saturated heterocycles. The molecule has 0 N–H and O–H groups in total. The van der Waals surface area contributed by atoms with Crippen molar-refractivity contribution in [3.05, 3.63) is 29.6 Å². The molecule has 1 aliphatic rings. The lowest BCUT2D eigenvalue weighted by Gasteiger charge is -2.13. The van der Waals surface area contributed by atoms with Gasteiger partial charge in [0.15, 0.2) is 11.6 Å². The van der Waals surface area contributed by atoms with E-state index in [0.29, 0.717) is 23.8 Å². The largest absolute Gasteiger partial charge is 0.488 e. The van der Waals surface area contributed by atoms with E-state index in [2.05, 4.69) is 15.9 Å². The molecule has 94 valence electrons. The molecule has 0 spiro atoms. The zero-order valence-corrected chi connectivity index (χ0v) is 11.4. The van der Waals surface area contributed by atoms with Gasteiger partial charge in [0.2, 0.25) is 0 Å². The zero-order chi connectivity index (χ0) is 12.3. The third kappa shape index (κ3) is 3.42. The lowest BCUT2D eigenvalue weighted by Crippen LogP contribution is -2.18.